The lowest BCUT2D eigenvalue weighted by Gasteiger charge is -2.33. The monoisotopic (exact) mass is 494 g/mol. The van der Waals surface area contributed by atoms with E-state index in [-0.39, 0.29) is 5.56 Å². The summed E-state index contributed by atoms with van der Waals surface area (Å²) in [6.45, 7) is 6.49. The Balaban J connectivity index is 1.34. The maximum Gasteiger partial charge on any atom is 0.260 e. The number of benzene rings is 2. The van der Waals surface area contributed by atoms with E-state index in [9.17, 15) is 13.2 Å². The van der Waals surface area contributed by atoms with Gasteiger partial charge in [0, 0.05) is 36.6 Å². The third-order valence-corrected chi connectivity index (χ3v) is 9.12. The van der Waals surface area contributed by atoms with Crippen LogP contribution in [0.3, 0.4) is 0 Å². The van der Waals surface area contributed by atoms with Gasteiger partial charge in [-0.25, -0.2) is 13.4 Å². The number of hydrogen-bond donors (Lipinski definition) is 1. The molecule has 1 aliphatic heterocycles. The van der Waals surface area contributed by atoms with Crippen molar-refractivity contribution in [3.8, 4) is 11.1 Å². The quantitative estimate of drug-likeness (QED) is 0.456. The van der Waals surface area contributed by atoms with Crippen LogP contribution < -0.4 is 5.56 Å². The molecule has 4 aromatic rings. The van der Waals surface area contributed by atoms with Crippen molar-refractivity contribution in [2.45, 2.75) is 25.3 Å². The van der Waals surface area contributed by atoms with Crippen LogP contribution >= 0.6 is 11.3 Å². The van der Waals surface area contributed by atoms with Gasteiger partial charge >= 0.3 is 0 Å². The topological polar surface area (TPSA) is 86.4 Å². The normalized spacial score (nSPS) is 15.7. The Kier molecular flexibility index (Phi) is 6.11. The zero-order valence-corrected chi connectivity index (χ0v) is 20.7. The minimum Gasteiger partial charge on any atom is -0.309 e. The van der Waals surface area contributed by atoms with Crippen LogP contribution in [0, 0.1) is 13.8 Å². The van der Waals surface area contributed by atoms with Crippen LogP contribution in [0.2, 0.25) is 0 Å². The maximum atomic E-state index is 13.1. The van der Waals surface area contributed by atoms with E-state index in [1.54, 1.807) is 30.3 Å². The fraction of sp³-hybridized carbons (Fsp3) is 0.280. The summed E-state index contributed by atoms with van der Waals surface area (Å²) in [4.78, 5) is 25.0. The third kappa shape index (κ3) is 4.32. The summed E-state index contributed by atoms with van der Waals surface area (Å²) < 4.78 is 27.2. The number of rotatable bonds is 5. The molecule has 1 saturated heterocycles. The van der Waals surface area contributed by atoms with E-state index in [1.165, 1.54) is 21.2 Å². The van der Waals surface area contributed by atoms with Gasteiger partial charge in [0.1, 0.15) is 10.7 Å². The number of fused-ring (bicyclic) bond motifs is 1. The Morgan fingerprint density at radius 1 is 0.971 bits per heavy atom. The molecule has 34 heavy (non-hydrogen) atoms. The first-order chi connectivity index (χ1) is 16.3. The number of H-pyrrole nitrogens is 1. The van der Waals surface area contributed by atoms with Gasteiger partial charge < -0.3 is 4.98 Å². The molecule has 176 valence electrons. The molecule has 0 radical (unpaired) electrons. The molecule has 2 aromatic heterocycles. The maximum absolute atomic E-state index is 13.1. The van der Waals surface area contributed by atoms with Crippen LogP contribution in [0.15, 0.2) is 64.3 Å². The fourth-order valence-electron chi connectivity index (χ4n) is 4.39. The second-order valence-electron chi connectivity index (χ2n) is 8.59. The third-order valence-electron chi connectivity index (χ3n) is 6.21. The molecule has 0 amide bonds. The number of thiophene rings is 1. The summed E-state index contributed by atoms with van der Waals surface area (Å²) in [5.41, 5.74) is 3.00. The second-order valence-corrected chi connectivity index (χ2v) is 11.7. The molecule has 7 nitrogen and oxygen atoms in total. The number of piperazine rings is 1. The van der Waals surface area contributed by atoms with Crippen LogP contribution in [0.25, 0.3) is 21.3 Å². The highest BCUT2D eigenvalue weighted by molar-refractivity contribution is 7.89. The Morgan fingerprint density at radius 2 is 1.65 bits per heavy atom. The number of sulfonamides is 1. The van der Waals surface area contributed by atoms with Gasteiger partial charge in [-0.05, 0) is 31.5 Å². The van der Waals surface area contributed by atoms with E-state index in [4.69, 9.17) is 4.98 Å². The number of nitrogens with one attached hydrogen (secondary N) is 1. The molecule has 0 bridgehead atoms. The van der Waals surface area contributed by atoms with Gasteiger partial charge in [-0.2, -0.15) is 4.31 Å². The molecule has 1 aliphatic rings. The first-order valence-corrected chi connectivity index (χ1v) is 13.5. The molecule has 1 fully saturated rings. The van der Waals surface area contributed by atoms with Crippen molar-refractivity contribution in [3.05, 3.63) is 81.2 Å². The van der Waals surface area contributed by atoms with Gasteiger partial charge in [0.15, 0.2) is 0 Å². The minimum atomic E-state index is -3.49. The smallest absolute Gasteiger partial charge is 0.260 e. The zero-order chi connectivity index (χ0) is 23.9. The average Bonchev–Trinajstić information content (AvgIpc) is 3.17. The largest absolute Gasteiger partial charge is 0.309 e. The first kappa shape index (κ1) is 22.9. The van der Waals surface area contributed by atoms with Gasteiger partial charge in [0.2, 0.25) is 10.0 Å². The Hall–Kier alpha value is -2.85. The summed E-state index contributed by atoms with van der Waals surface area (Å²) in [7, 11) is -3.49. The standard InChI is InChI=1S/C25H26N4O3S2/c1-17-8-10-19(11-9-17)22-18(2)33-25-23(22)24(30)26-21(27-25)16-28-12-14-29(15-13-28)34(31,32)20-6-4-3-5-7-20/h3-11H,12-16H2,1-2H3,(H,26,27,30). The molecular weight excluding hydrogens is 468 g/mol. The van der Waals surface area contributed by atoms with Crippen molar-refractivity contribution in [1.29, 1.82) is 0 Å². The van der Waals surface area contributed by atoms with E-state index in [2.05, 4.69) is 9.88 Å². The van der Waals surface area contributed by atoms with E-state index >= 15 is 0 Å². The lowest BCUT2D eigenvalue weighted by Crippen LogP contribution is -2.48. The average molecular weight is 495 g/mol. The number of aromatic nitrogens is 2. The summed E-state index contributed by atoms with van der Waals surface area (Å²) in [6.07, 6.45) is 0. The lowest BCUT2D eigenvalue weighted by atomic mass is 10.0. The van der Waals surface area contributed by atoms with Gasteiger partial charge in [0.05, 0.1) is 16.8 Å². The van der Waals surface area contributed by atoms with Crippen molar-refractivity contribution in [1.82, 2.24) is 19.2 Å². The molecule has 0 saturated carbocycles. The molecule has 0 spiro atoms. The highest BCUT2D eigenvalue weighted by atomic mass is 32.2. The second kappa shape index (κ2) is 9.07. The summed E-state index contributed by atoms with van der Waals surface area (Å²) in [5.74, 6) is 0.605. The van der Waals surface area contributed by atoms with Crippen molar-refractivity contribution < 1.29 is 8.42 Å². The zero-order valence-electron chi connectivity index (χ0n) is 19.1. The molecule has 0 atom stereocenters. The van der Waals surface area contributed by atoms with Crippen LogP contribution in [0.5, 0.6) is 0 Å². The van der Waals surface area contributed by atoms with Crippen molar-refractivity contribution >= 4 is 31.6 Å². The number of hydrogen-bond acceptors (Lipinski definition) is 6. The molecule has 1 N–H and O–H groups in total. The fourth-order valence-corrected chi connectivity index (χ4v) is 6.90. The first-order valence-electron chi connectivity index (χ1n) is 11.2. The van der Waals surface area contributed by atoms with Gasteiger partial charge in [-0.15, -0.1) is 11.3 Å². The van der Waals surface area contributed by atoms with Crippen LogP contribution in [0.4, 0.5) is 0 Å². The minimum absolute atomic E-state index is 0.134. The highest BCUT2D eigenvalue weighted by Gasteiger charge is 2.28. The van der Waals surface area contributed by atoms with E-state index in [0.29, 0.717) is 48.8 Å². The Labute approximate surface area is 202 Å². The molecule has 0 aliphatic carbocycles. The molecule has 3 heterocycles. The van der Waals surface area contributed by atoms with Crippen molar-refractivity contribution in [2.24, 2.45) is 0 Å². The van der Waals surface area contributed by atoms with E-state index < -0.39 is 10.0 Å². The lowest BCUT2D eigenvalue weighted by molar-refractivity contribution is 0.178. The predicted octanol–water partition coefficient (Wildman–Crippen LogP) is 3.77. The van der Waals surface area contributed by atoms with E-state index in [0.717, 1.165) is 20.8 Å². The van der Waals surface area contributed by atoms with Crippen LogP contribution in [0.1, 0.15) is 16.3 Å². The van der Waals surface area contributed by atoms with Gasteiger partial charge in [0.25, 0.3) is 5.56 Å². The summed E-state index contributed by atoms with van der Waals surface area (Å²) in [5, 5.41) is 0.633. The summed E-state index contributed by atoms with van der Waals surface area (Å²) in [6, 6.07) is 16.7. The van der Waals surface area contributed by atoms with Crippen molar-refractivity contribution in [3.63, 3.8) is 0 Å². The Morgan fingerprint density at radius 3 is 2.32 bits per heavy atom. The van der Waals surface area contributed by atoms with Gasteiger partial charge in [-0.1, -0.05) is 48.0 Å². The molecule has 5 rings (SSSR count). The SMILES string of the molecule is Cc1ccc(-c2c(C)sc3nc(CN4CCN(S(=O)(=O)c5ccccc5)CC4)[nH]c(=O)c23)cc1. The predicted molar refractivity (Wildman–Crippen MR) is 136 cm³/mol. The molecule has 9 heteroatoms. The van der Waals surface area contributed by atoms with Gasteiger partial charge in [-0.3, -0.25) is 9.69 Å². The van der Waals surface area contributed by atoms with Crippen molar-refractivity contribution in [2.75, 3.05) is 26.2 Å². The molecule has 2 aromatic carbocycles. The number of aryl methyl sites for hydroxylation is 2. The summed E-state index contributed by atoms with van der Waals surface area (Å²) >= 11 is 1.53. The Bertz CT molecular complexity index is 1490. The number of nitrogens with zero attached hydrogens (tertiary/aromatic N) is 3. The van der Waals surface area contributed by atoms with Crippen LogP contribution in [-0.2, 0) is 16.6 Å². The van der Waals surface area contributed by atoms with E-state index in [1.807, 2.05) is 38.1 Å². The molecular formula is C25H26N4O3S2. The van der Waals surface area contributed by atoms with Crippen LogP contribution in [-0.4, -0.2) is 53.8 Å². The highest BCUT2D eigenvalue weighted by Crippen LogP contribution is 2.35. The number of aromatic amines is 1. The molecule has 0 unspecified atom stereocenters.